The van der Waals surface area contributed by atoms with Crippen LogP contribution >= 0.6 is 22.9 Å². The summed E-state index contributed by atoms with van der Waals surface area (Å²) in [6, 6.07) is 15.4. The van der Waals surface area contributed by atoms with Crippen LogP contribution < -0.4 is 0 Å². The number of nitrogens with zero attached hydrogens (tertiary/aromatic N) is 3. The maximum Gasteiger partial charge on any atom is 0.112 e. The standard InChI is InChI=1S/C20H19ClN4S/c1-13-10-16(21)8-9-18(13)25-24-17(12-22)11-19-23-14(2)20(26-19)15-6-4-3-5-7-15/h3-10,12,17,22H,11H2,1-2H3. The van der Waals surface area contributed by atoms with Gasteiger partial charge in [0.25, 0.3) is 0 Å². The molecule has 6 heteroatoms. The maximum absolute atomic E-state index is 7.66. The Bertz CT molecular complexity index is 934. The van der Waals surface area contributed by atoms with Crippen LogP contribution in [0.4, 0.5) is 5.69 Å². The van der Waals surface area contributed by atoms with E-state index < -0.39 is 0 Å². The third kappa shape index (κ3) is 4.42. The van der Waals surface area contributed by atoms with Crippen molar-refractivity contribution < 1.29 is 0 Å². The van der Waals surface area contributed by atoms with Gasteiger partial charge in [0.1, 0.15) is 6.04 Å². The molecule has 0 fully saturated rings. The second kappa shape index (κ2) is 8.34. The number of thiazole rings is 1. The number of nitrogens with one attached hydrogen (secondary N) is 1. The first-order valence-corrected chi connectivity index (χ1v) is 9.45. The molecule has 0 aliphatic heterocycles. The summed E-state index contributed by atoms with van der Waals surface area (Å²) in [4.78, 5) is 5.82. The van der Waals surface area contributed by atoms with Crippen LogP contribution in [0.15, 0.2) is 58.8 Å². The first kappa shape index (κ1) is 18.4. The Morgan fingerprint density at radius 3 is 2.65 bits per heavy atom. The van der Waals surface area contributed by atoms with Crippen molar-refractivity contribution in [2.45, 2.75) is 26.3 Å². The van der Waals surface area contributed by atoms with E-state index in [2.05, 4.69) is 27.3 Å². The number of aromatic nitrogens is 1. The van der Waals surface area contributed by atoms with Gasteiger partial charge >= 0.3 is 0 Å². The minimum Gasteiger partial charge on any atom is -0.311 e. The molecule has 1 atom stereocenters. The highest BCUT2D eigenvalue weighted by Crippen LogP contribution is 2.30. The van der Waals surface area contributed by atoms with Gasteiger partial charge in [-0.1, -0.05) is 41.9 Å². The molecule has 3 rings (SSSR count). The quantitative estimate of drug-likeness (QED) is 0.387. The zero-order chi connectivity index (χ0) is 18.5. The van der Waals surface area contributed by atoms with Crippen LogP contribution in [0.3, 0.4) is 0 Å². The lowest BCUT2D eigenvalue weighted by Gasteiger charge is -2.03. The first-order valence-electron chi connectivity index (χ1n) is 8.26. The average molecular weight is 383 g/mol. The Hall–Kier alpha value is -2.37. The van der Waals surface area contributed by atoms with Crippen LogP contribution in [0, 0.1) is 19.3 Å². The molecule has 4 nitrogen and oxygen atoms in total. The largest absolute Gasteiger partial charge is 0.311 e. The molecule has 0 radical (unpaired) electrons. The molecule has 0 amide bonds. The van der Waals surface area contributed by atoms with E-state index in [9.17, 15) is 0 Å². The molecule has 132 valence electrons. The van der Waals surface area contributed by atoms with E-state index in [-0.39, 0.29) is 6.04 Å². The summed E-state index contributed by atoms with van der Waals surface area (Å²) in [6.07, 6.45) is 1.88. The lowest BCUT2D eigenvalue weighted by molar-refractivity contribution is 0.800. The van der Waals surface area contributed by atoms with Crippen LogP contribution in [0.2, 0.25) is 5.02 Å². The minimum atomic E-state index is -0.334. The number of halogens is 1. The Morgan fingerprint density at radius 2 is 1.96 bits per heavy atom. The highest BCUT2D eigenvalue weighted by atomic mass is 35.5. The molecule has 0 saturated carbocycles. The normalized spacial score (nSPS) is 12.4. The zero-order valence-corrected chi connectivity index (χ0v) is 16.2. The Kier molecular flexibility index (Phi) is 5.91. The van der Waals surface area contributed by atoms with Gasteiger partial charge in [-0.25, -0.2) is 4.98 Å². The van der Waals surface area contributed by atoms with E-state index in [1.807, 2.05) is 44.2 Å². The van der Waals surface area contributed by atoms with Crippen molar-refractivity contribution in [2.75, 3.05) is 0 Å². The van der Waals surface area contributed by atoms with Crippen molar-refractivity contribution in [1.82, 2.24) is 4.98 Å². The summed E-state index contributed by atoms with van der Waals surface area (Å²) in [6.45, 7) is 3.95. The summed E-state index contributed by atoms with van der Waals surface area (Å²) in [5.41, 5.74) is 3.90. The number of benzene rings is 2. The van der Waals surface area contributed by atoms with Gasteiger partial charge in [0.05, 0.1) is 21.3 Å². The fraction of sp³-hybridized carbons (Fsp3) is 0.200. The molecule has 0 saturated heterocycles. The van der Waals surface area contributed by atoms with Gasteiger partial charge in [-0.3, -0.25) is 0 Å². The van der Waals surface area contributed by atoms with Gasteiger partial charge in [-0.05, 0) is 43.2 Å². The molecule has 1 aromatic heterocycles. The number of aryl methyl sites for hydroxylation is 2. The highest BCUT2D eigenvalue weighted by molar-refractivity contribution is 7.15. The fourth-order valence-electron chi connectivity index (χ4n) is 2.58. The van der Waals surface area contributed by atoms with Gasteiger partial charge in [0.2, 0.25) is 0 Å². The topological polar surface area (TPSA) is 61.5 Å². The Labute approximate surface area is 162 Å². The molecule has 0 aliphatic rings. The molecule has 1 unspecified atom stereocenters. The van der Waals surface area contributed by atoms with Gasteiger partial charge in [-0.2, -0.15) is 10.2 Å². The highest BCUT2D eigenvalue weighted by Gasteiger charge is 2.13. The van der Waals surface area contributed by atoms with E-state index >= 15 is 0 Å². The van der Waals surface area contributed by atoms with Crippen LogP contribution in [0.25, 0.3) is 10.4 Å². The first-order chi connectivity index (χ1) is 12.6. The SMILES string of the molecule is Cc1cc(Cl)ccc1N=NC(C=N)Cc1nc(C)c(-c2ccccc2)s1. The molecule has 2 aromatic carbocycles. The van der Waals surface area contributed by atoms with Gasteiger partial charge < -0.3 is 5.41 Å². The molecule has 1 heterocycles. The second-order valence-corrected chi connectivity index (χ2v) is 7.49. The fourth-order valence-corrected chi connectivity index (χ4v) is 3.92. The minimum absolute atomic E-state index is 0.334. The molecule has 3 aromatic rings. The lowest BCUT2D eigenvalue weighted by atomic mass is 10.2. The predicted octanol–water partition coefficient (Wildman–Crippen LogP) is 6.42. The van der Waals surface area contributed by atoms with Crippen molar-refractivity contribution in [3.63, 3.8) is 0 Å². The molecule has 1 N–H and O–H groups in total. The van der Waals surface area contributed by atoms with Gasteiger partial charge in [0.15, 0.2) is 0 Å². The molecule has 26 heavy (non-hydrogen) atoms. The zero-order valence-electron chi connectivity index (χ0n) is 14.6. The van der Waals surface area contributed by atoms with Crippen LogP contribution in [0.5, 0.6) is 0 Å². The van der Waals surface area contributed by atoms with Crippen LogP contribution in [-0.2, 0) is 6.42 Å². The second-order valence-electron chi connectivity index (χ2n) is 5.97. The maximum atomic E-state index is 7.66. The molecule has 0 bridgehead atoms. The molecule has 0 spiro atoms. The van der Waals surface area contributed by atoms with E-state index in [1.54, 1.807) is 17.4 Å². The summed E-state index contributed by atoms with van der Waals surface area (Å²) in [5.74, 6) is 0. The average Bonchev–Trinajstić information content (AvgIpc) is 3.01. The lowest BCUT2D eigenvalue weighted by Crippen LogP contribution is -2.08. The van der Waals surface area contributed by atoms with E-state index in [1.165, 1.54) is 11.8 Å². The van der Waals surface area contributed by atoms with Gasteiger partial charge in [-0.15, -0.1) is 11.3 Å². The summed E-state index contributed by atoms with van der Waals surface area (Å²) in [5, 5.41) is 17.9. The predicted molar refractivity (Wildman–Crippen MR) is 109 cm³/mol. The van der Waals surface area contributed by atoms with Crippen LogP contribution in [-0.4, -0.2) is 17.2 Å². The van der Waals surface area contributed by atoms with Gasteiger partial charge in [0, 0.05) is 17.7 Å². The number of hydrogen-bond acceptors (Lipinski definition) is 5. The van der Waals surface area contributed by atoms with Crippen molar-refractivity contribution in [3.05, 3.63) is 69.8 Å². The molecular formula is C20H19ClN4S. The van der Waals surface area contributed by atoms with E-state index in [0.29, 0.717) is 11.4 Å². The number of azo groups is 1. The van der Waals surface area contributed by atoms with Crippen molar-refractivity contribution in [1.29, 1.82) is 5.41 Å². The van der Waals surface area contributed by atoms with E-state index in [0.717, 1.165) is 26.8 Å². The smallest absolute Gasteiger partial charge is 0.112 e. The molecular weight excluding hydrogens is 364 g/mol. The Balaban J connectivity index is 1.76. The third-order valence-electron chi connectivity index (χ3n) is 3.93. The number of rotatable bonds is 6. The van der Waals surface area contributed by atoms with Crippen molar-refractivity contribution in [3.8, 4) is 10.4 Å². The molecule has 0 aliphatic carbocycles. The monoisotopic (exact) mass is 382 g/mol. The third-order valence-corrected chi connectivity index (χ3v) is 5.39. The Morgan fingerprint density at radius 1 is 1.19 bits per heavy atom. The summed E-state index contributed by atoms with van der Waals surface area (Å²) in [7, 11) is 0. The summed E-state index contributed by atoms with van der Waals surface area (Å²) >= 11 is 7.62. The van der Waals surface area contributed by atoms with Crippen molar-refractivity contribution in [2.24, 2.45) is 10.2 Å². The van der Waals surface area contributed by atoms with E-state index in [4.69, 9.17) is 17.0 Å². The summed E-state index contributed by atoms with van der Waals surface area (Å²) < 4.78 is 0. The van der Waals surface area contributed by atoms with Crippen LogP contribution in [0.1, 0.15) is 16.3 Å². The number of hydrogen-bond donors (Lipinski definition) is 1. The van der Waals surface area contributed by atoms with Crippen molar-refractivity contribution >= 4 is 34.8 Å².